The van der Waals surface area contributed by atoms with E-state index in [1.165, 1.54) is 0 Å². The molecule has 0 fully saturated rings. The van der Waals surface area contributed by atoms with Crippen LogP contribution in [0, 0.1) is 0 Å². The van der Waals surface area contributed by atoms with Gasteiger partial charge in [-0.2, -0.15) is 0 Å². The van der Waals surface area contributed by atoms with Gasteiger partial charge in [-0.15, -0.1) is 0 Å². The predicted molar refractivity (Wildman–Crippen MR) is 68.1 cm³/mol. The Morgan fingerprint density at radius 3 is 2.65 bits per heavy atom. The number of aliphatic hydroxyl groups is 1. The molecule has 0 bridgehead atoms. The fourth-order valence-electron chi connectivity index (χ4n) is 1.40. The summed E-state index contributed by atoms with van der Waals surface area (Å²) in [6, 6.07) is 0.107. The van der Waals surface area contributed by atoms with E-state index in [1.807, 2.05) is 13.8 Å². The van der Waals surface area contributed by atoms with E-state index < -0.39 is 0 Å². The Balaban J connectivity index is 3.90. The van der Waals surface area contributed by atoms with Crippen molar-refractivity contribution in [3.05, 3.63) is 0 Å². The number of hydrogen-bond donors (Lipinski definition) is 2. The van der Waals surface area contributed by atoms with Crippen LogP contribution in [0.15, 0.2) is 0 Å². The number of carbonyl (C=O) groups is 1. The molecule has 2 N–H and O–H groups in total. The Morgan fingerprint density at radius 2 is 2.12 bits per heavy atom. The standard InChI is InChI=1S/C12H26N2O3/c1-4-5-6-13-12(16)14(11(2)3)7-9-17-10-8-15/h11,15H,4-10H2,1-3H3,(H,13,16). The van der Waals surface area contributed by atoms with Crippen LogP contribution in [0.2, 0.25) is 0 Å². The minimum atomic E-state index is -0.0407. The largest absolute Gasteiger partial charge is 0.394 e. The Morgan fingerprint density at radius 1 is 1.41 bits per heavy atom. The maximum atomic E-state index is 11.8. The van der Waals surface area contributed by atoms with Gasteiger partial charge < -0.3 is 20.1 Å². The molecule has 17 heavy (non-hydrogen) atoms. The summed E-state index contributed by atoms with van der Waals surface area (Å²) in [5.41, 5.74) is 0. The second-order valence-corrected chi connectivity index (χ2v) is 4.21. The van der Waals surface area contributed by atoms with Gasteiger partial charge in [0.1, 0.15) is 0 Å². The average Bonchev–Trinajstić information content (AvgIpc) is 2.28. The zero-order valence-corrected chi connectivity index (χ0v) is 11.2. The molecule has 0 aliphatic rings. The molecule has 0 aromatic carbocycles. The van der Waals surface area contributed by atoms with Gasteiger partial charge in [-0.25, -0.2) is 4.79 Å². The number of carbonyl (C=O) groups excluding carboxylic acids is 1. The molecule has 0 unspecified atom stereocenters. The third kappa shape index (κ3) is 7.99. The lowest BCUT2D eigenvalue weighted by molar-refractivity contribution is 0.0740. The first-order chi connectivity index (χ1) is 8.13. The van der Waals surface area contributed by atoms with Crippen molar-refractivity contribution in [1.82, 2.24) is 10.2 Å². The molecule has 0 aromatic rings. The van der Waals surface area contributed by atoms with E-state index in [4.69, 9.17) is 9.84 Å². The van der Waals surface area contributed by atoms with E-state index in [0.29, 0.717) is 19.8 Å². The first kappa shape index (κ1) is 16.2. The van der Waals surface area contributed by atoms with E-state index in [0.717, 1.165) is 19.4 Å². The number of rotatable bonds is 9. The van der Waals surface area contributed by atoms with Crippen LogP contribution in [0.1, 0.15) is 33.6 Å². The van der Waals surface area contributed by atoms with Crippen LogP contribution in [0.4, 0.5) is 4.79 Å². The Bertz CT molecular complexity index is 198. The molecular formula is C12H26N2O3. The summed E-state index contributed by atoms with van der Waals surface area (Å²) < 4.78 is 5.17. The number of nitrogens with zero attached hydrogens (tertiary/aromatic N) is 1. The average molecular weight is 246 g/mol. The van der Waals surface area contributed by atoms with Crippen molar-refractivity contribution < 1.29 is 14.6 Å². The highest BCUT2D eigenvalue weighted by Crippen LogP contribution is 1.99. The molecule has 0 aliphatic carbocycles. The number of nitrogens with one attached hydrogen (secondary N) is 1. The molecule has 0 atom stereocenters. The van der Waals surface area contributed by atoms with Crippen molar-refractivity contribution in [2.75, 3.05) is 32.9 Å². The first-order valence-electron chi connectivity index (χ1n) is 6.36. The molecular weight excluding hydrogens is 220 g/mol. The summed E-state index contributed by atoms with van der Waals surface area (Å²) >= 11 is 0. The van der Waals surface area contributed by atoms with Gasteiger partial charge in [0.15, 0.2) is 0 Å². The summed E-state index contributed by atoms with van der Waals surface area (Å²) in [7, 11) is 0. The lowest BCUT2D eigenvalue weighted by Crippen LogP contribution is -2.45. The third-order valence-electron chi connectivity index (χ3n) is 2.40. The van der Waals surface area contributed by atoms with Crippen LogP contribution in [0.25, 0.3) is 0 Å². The molecule has 5 heteroatoms. The minimum Gasteiger partial charge on any atom is -0.394 e. The van der Waals surface area contributed by atoms with Gasteiger partial charge in [0.2, 0.25) is 0 Å². The van der Waals surface area contributed by atoms with Crippen LogP contribution in [0.5, 0.6) is 0 Å². The zero-order valence-electron chi connectivity index (χ0n) is 11.2. The van der Waals surface area contributed by atoms with Gasteiger partial charge in [-0.3, -0.25) is 0 Å². The van der Waals surface area contributed by atoms with Crippen LogP contribution in [-0.4, -0.2) is 55.0 Å². The van der Waals surface area contributed by atoms with E-state index >= 15 is 0 Å². The van der Waals surface area contributed by atoms with Crippen LogP contribution >= 0.6 is 0 Å². The number of ether oxygens (including phenoxy) is 1. The van der Waals surface area contributed by atoms with E-state index in [-0.39, 0.29) is 18.7 Å². The number of unbranched alkanes of at least 4 members (excludes halogenated alkanes) is 1. The molecule has 0 saturated carbocycles. The normalized spacial score (nSPS) is 10.6. The molecule has 0 spiro atoms. The van der Waals surface area contributed by atoms with E-state index in [9.17, 15) is 4.79 Å². The van der Waals surface area contributed by atoms with Crippen molar-refractivity contribution in [3.63, 3.8) is 0 Å². The lowest BCUT2D eigenvalue weighted by atomic mass is 10.3. The molecule has 5 nitrogen and oxygen atoms in total. The topological polar surface area (TPSA) is 61.8 Å². The molecule has 2 amide bonds. The minimum absolute atomic E-state index is 0.0182. The first-order valence-corrected chi connectivity index (χ1v) is 6.36. The summed E-state index contributed by atoms with van der Waals surface area (Å²) in [6.45, 7) is 8.12. The molecule has 0 aliphatic heterocycles. The Hall–Kier alpha value is -0.810. The highest BCUT2D eigenvalue weighted by Gasteiger charge is 2.15. The third-order valence-corrected chi connectivity index (χ3v) is 2.40. The van der Waals surface area contributed by atoms with Gasteiger partial charge in [-0.05, 0) is 20.3 Å². The van der Waals surface area contributed by atoms with Gasteiger partial charge in [-0.1, -0.05) is 13.3 Å². The van der Waals surface area contributed by atoms with E-state index in [2.05, 4.69) is 12.2 Å². The zero-order chi connectivity index (χ0) is 13.1. The molecule has 0 aromatic heterocycles. The number of aliphatic hydroxyl groups excluding tert-OH is 1. The maximum Gasteiger partial charge on any atom is 0.317 e. The molecule has 0 heterocycles. The van der Waals surface area contributed by atoms with Crippen molar-refractivity contribution in [3.8, 4) is 0 Å². The summed E-state index contributed by atoms with van der Waals surface area (Å²) in [6.07, 6.45) is 2.07. The quantitative estimate of drug-likeness (QED) is 0.601. The second-order valence-electron chi connectivity index (χ2n) is 4.21. The highest BCUT2D eigenvalue weighted by molar-refractivity contribution is 5.74. The molecule has 0 rings (SSSR count). The molecule has 102 valence electrons. The number of hydrogen-bond acceptors (Lipinski definition) is 3. The van der Waals surface area contributed by atoms with Crippen LogP contribution in [-0.2, 0) is 4.74 Å². The second kappa shape index (κ2) is 10.4. The molecule has 0 saturated heterocycles. The predicted octanol–water partition coefficient (Wildman–Crippen LogP) is 1.22. The van der Waals surface area contributed by atoms with Gasteiger partial charge in [0, 0.05) is 19.1 Å². The lowest BCUT2D eigenvalue weighted by Gasteiger charge is -2.26. The SMILES string of the molecule is CCCCNC(=O)N(CCOCCO)C(C)C. The van der Waals surface area contributed by atoms with Crippen molar-refractivity contribution in [2.45, 2.75) is 39.7 Å². The Kier molecular flexibility index (Phi) is 9.86. The van der Waals surface area contributed by atoms with Crippen LogP contribution in [0.3, 0.4) is 0 Å². The van der Waals surface area contributed by atoms with E-state index in [1.54, 1.807) is 4.90 Å². The van der Waals surface area contributed by atoms with Crippen molar-refractivity contribution in [1.29, 1.82) is 0 Å². The van der Waals surface area contributed by atoms with Crippen molar-refractivity contribution in [2.24, 2.45) is 0 Å². The number of urea groups is 1. The summed E-state index contributed by atoms with van der Waals surface area (Å²) in [5, 5.41) is 11.5. The molecule has 0 radical (unpaired) electrons. The van der Waals surface area contributed by atoms with Crippen molar-refractivity contribution >= 4 is 6.03 Å². The van der Waals surface area contributed by atoms with Gasteiger partial charge in [0.25, 0.3) is 0 Å². The smallest absolute Gasteiger partial charge is 0.317 e. The monoisotopic (exact) mass is 246 g/mol. The fraction of sp³-hybridized carbons (Fsp3) is 0.917. The van der Waals surface area contributed by atoms with Gasteiger partial charge in [0.05, 0.1) is 19.8 Å². The van der Waals surface area contributed by atoms with Gasteiger partial charge >= 0.3 is 6.03 Å². The maximum absolute atomic E-state index is 11.8. The van der Waals surface area contributed by atoms with Crippen LogP contribution < -0.4 is 5.32 Å². The summed E-state index contributed by atoms with van der Waals surface area (Å²) in [5.74, 6) is 0. The Labute approximate surface area is 104 Å². The fourth-order valence-corrected chi connectivity index (χ4v) is 1.40. The number of amides is 2. The summed E-state index contributed by atoms with van der Waals surface area (Å²) in [4.78, 5) is 13.6. The highest BCUT2D eigenvalue weighted by atomic mass is 16.5.